The molecule has 0 aliphatic carbocycles. The van der Waals surface area contributed by atoms with E-state index in [1.807, 2.05) is 25.1 Å². The van der Waals surface area contributed by atoms with Crippen molar-refractivity contribution in [2.24, 2.45) is 0 Å². The van der Waals surface area contributed by atoms with E-state index >= 15 is 0 Å². The van der Waals surface area contributed by atoms with Gasteiger partial charge in [0.05, 0.1) is 0 Å². The molecule has 2 aromatic rings. The van der Waals surface area contributed by atoms with Crippen LogP contribution in [0.3, 0.4) is 0 Å². The maximum absolute atomic E-state index is 12.2. The third-order valence-corrected chi connectivity index (χ3v) is 3.46. The molecule has 0 spiro atoms. The zero-order valence-electron chi connectivity index (χ0n) is 11.2. The number of ether oxygens (including phenoxy) is 1. The molecule has 1 aromatic heterocycles. The Morgan fingerprint density at radius 2 is 2.30 bits per heavy atom. The number of hydrogen-bond acceptors (Lipinski definition) is 4. The summed E-state index contributed by atoms with van der Waals surface area (Å²) in [7, 11) is 0. The molecule has 2 heterocycles. The largest absolute Gasteiger partial charge is 0.493 e. The summed E-state index contributed by atoms with van der Waals surface area (Å²) in [6.07, 6.45) is 1.53. The third-order valence-electron chi connectivity index (χ3n) is 3.46. The van der Waals surface area contributed by atoms with Gasteiger partial charge in [0, 0.05) is 6.61 Å². The molecule has 0 saturated carbocycles. The summed E-state index contributed by atoms with van der Waals surface area (Å²) in [5, 5.41) is 10.1. The van der Waals surface area contributed by atoms with Crippen molar-refractivity contribution < 1.29 is 9.84 Å². The van der Waals surface area contributed by atoms with Crippen molar-refractivity contribution in [1.29, 1.82) is 0 Å². The van der Waals surface area contributed by atoms with Crippen molar-refractivity contribution in [3.8, 4) is 17.0 Å². The quantitative estimate of drug-likeness (QED) is 0.879. The average Bonchev–Trinajstić information content (AvgIpc) is 2.91. The summed E-state index contributed by atoms with van der Waals surface area (Å²) in [5.74, 6) is 0.159. The van der Waals surface area contributed by atoms with Crippen LogP contribution in [-0.2, 0) is 4.74 Å². The maximum atomic E-state index is 12.2. The van der Waals surface area contributed by atoms with Gasteiger partial charge in [-0.05, 0) is 25.3 Å². The number of nitrogens with one attached hydrogen (secondary N) is 1. The minimum atomic E-state index is -0.339. The number of H-pyrrole nitrogens is 1. The Balaban J connectivity index is 2.07. The molecule has 1 aliphatic rings. The van der Waals surface area contributed by atoms with E-state index in [9.17, 15) is 9.90 Å². The molecule has 5 nitrogen and oxygen atoms in total. The second kappa shape index (κ2) is 5.09. The Bertz CT molecular complexity index is 688. The lowest BCUT2D eigenvalue weighted by Gasteiger charge is -2.10. The summed E-state index contributed by atoms with van der Waals surface area (Å²) >= 11 is 0. The van der Waals surface area contributed by atoms with E-state index in [2.05, 4.69) is 9.97 Å². The van der Waals surface area contributed by atoms with Crippen molar-refractivity contribution in [2.45, 2.75) is 25.9 Å². The molecule has 0 amide bonds. The van der Waals surface area contributed by atoms with Gasteiger partial charge in [-0.3, -0.25) is 4.79 Å². The van der Waals surface area contributed by atoms with Crippen LogP contribution in [0, 0.1) is 6.92 Å². The van der Waals surface area contributed by atoms with E-state index in [-0.39, 0.29) is 23.1 Å². The van der Waals surface area contributed by atoms with Crippen molar-refractivity contribution in [3.05, 3.63) is 46.0 Å². The topological polar surface area (TPSA) is 75.2 Å². The third kappa shape index (κ3) is 2.32. The first-order valence-corrected chi connectivity index (χ1v) is 6.67. The maximum Gasteiger partial charge on any atom is 0.262 e. The predicted octanol–water partition coefficient (Wildman–Crippen LogP) is 2.30. The number of nitrogens with zero attached hydrogens (tertiary/aromatic N) is 1. The summed E-state index contributed by atoms with van der Waals surface area (Å²) in [6.45, 7) is 2.59. The van der Waals surface area contributed by atoms with Crippen LogP contribution in [0.5, 0.6) is 5.88 Å². The van der Waals surface area contributed by atoms with Crippen LogP contribution < -0.4 is 5.56 Å². The number of aromatic amines is 1. The Morgan fingerprint density at radius 1 is 1.45 bits per heavy atom. The van der Waals surface area contributed by atoms with Crippen molar-refractivity contribution in [2.75, 3.05) is 6.61 Å². The summed E-state index contributed by atoms with van der Waals surface area (Å²) in [4.78, 5) is 19.0. The summed E-state index contributed by atoms with van der Waals surface area (Å²) < 4.78 is 5.47. The first-order valence-electron chi connectivity index (χ1n) is 6.67. The van der Waals surface area contributed by atoms with Crippen LogP contribution in [0.15, 0.2) is 29.1 Å². The Hall–Kier alpha value is -2.14. The fraction of sp³-hybridized carbons (Fsp3) is 0.333. The molecule has 2 N–H and O–H groups in total. The zero-order chi connectivity index (χ0) is 14.1. The minimum Gasteiger partial charge on any atom is -0.493 e. The minimum absolute atomic E-state index is 0.204. The van der Waals surface area contributed by atoms with Gasteiger partial charge in [0.25, 0.3) is 5.56 Å². The molecule has 1 fully saturated rings. The molecule has 0 radical (unpaired) electrons. The predicted molar refractivity (Wildman–Crippen MR) is 74.6 cm³/mol. The van der Waals surface area contributed by atoms with E-state index in [1.165, 1.54) is 0 Å². The SMILES string of the molecule is Cc1cccc(-c2c(O)nc(C3CCCO3)[nH]c2=O)c1. The van der Waals surface area contributed by atoms with Crippen LogP contribution in [0.2, 0.25) is 0 Å². The van der Waals surface area contributed by atoms with Gasteiger partial charge in [0.2, 0.25) is 5.88 Å². The summed E-state index contributed by atoms with van der Waals surface area (Å²) in [6, 6.07) is 7.41. The smallest absolute Gasteiger partial charge is 0.262 e. The van der Waals surface area contributed by atoms with E-state index in [1.54, 1.807) is 6.07 Å². The summed E-state index contributed by atoms with van der Waals surface area (Å²) in [5.41, 5.74) is 1.55. The van der Waals surface area contributed by atoms with E-state index < -0.39 is 0 Å². The van der Waals surface area contributed by atoms with Crippen molar-refractivity contribution >= 4 is 0 Å². The highest BCUT2D eigenvalue weighted by Crippen LogP contribution is 2.29. The second-order valence-electron chi connectivity index (χ2n) is 5.02. The van der Waals surface area contributed by atoms with Crippen LogP contribution in [0.1, 0.15) is 30.3 Å². The van der Waals surface area contributed by atoms with Gasteiger partial charge in [-0.25, -0.2) is 0 Å². The Labute approximate surface area is 116 Å². The van der Waals surface area contributed by atoms with Crippen LogP contribution in [-0.4, -0.2) is 21.7 Å². The van der Waals surface area contributed by atoms with Crippen LogP contribution in [0.4, 0.5) is 0 Å². The fourth-order valence-electron chi connectivity index (χ4n) is 2.48. The zero-order valence-corrected chi connectivity index (χ0v) is 11.2. The highest BCUT2D eigenvalue weighted by Gasteiger charge is 2.22. The van der Waals surface area contributed by atoms with Gasteiger partial charge in [0.15, 0.2) is 0 Å². The number of hydrogen-bond donors (Lipinski definition) is 2. The molecule has 1 atom stereocenters. The highest BCUT2D eigenvalue weighted by molar-refractivity contribution is 5.67. The van der Waals surface area contributed by atoms with E-state index in [0.717, 1.165) is 18.4 Å². The van der Waals surface area contributed by atoms with E-state index in [0.29, 0.717) is 18.0 Å². The van der Waals surface area contributed by atoms with Crippen molar-refractivity contribution in [1.82, 2.24) is 9.97 Å². The lowest BCUT2D eigenvalue weighted by atomic mass is 10.1. The highest BCUT2D eigenvalue weighted by atomic mass is 16.5. The van der Waals surface area contributed by atoms with Gasteiger partial charge >= 0.3 is 0 Å². The number of rotatable bonds is 2. The fourth-order valence-corrected chi connectivity index (χ4v) is 2.48. The van der Waals surface area contributed by atoms with E-state index in [4.69, 9.17) is 4.74 Å². The molecular weight excluding hydrogens is 256 g/mol. The molecule has 1 aliphatic heterocycles. The molecule has 0 bridgehead atoms. The van der Waals surface area contributed by atoms with Gasteiger partial charge in [0.1, 0.15) is 17.5 Å². The van der Waals surface area contributed by atoms with Crippen LogP contribution >= 0.6 is 0 Å². The number of aromatic hydroxyl groups is 1. The number of aryl methyl sites for hydroxylation is 1. The number of aromatic nitrogens is 2. The molecule has 104 valence electrons. The molecule has 5 heteroatoms. The monoisotopic (exact) mass is 272 g/mol. The standard InChI is InChI=1S/C15H16N2O3/c1-9-4-2-5-10(8-9)12-14(18)16-13(17-15(12)19)11-6-3-7-20-11/h2,4-5,8,11H,3,6-7H2,1H3,(H2,16,17,18,19). The molecule has 1 aromatic carbocycles. The lowest BCUT2D eigenvalue weighted by Crippen LogP contribution is -2.16. The van der Waals surface area contributed by atoms with Crippen molar-refractivity contribution in [3.63, 3.8) is 0 Å². The molecular formula is C15H16N2O3. The van der Waals surface area contributed by atoms with Gasteiger partial charge in [-0.2, -0.15) is 4.98 Å². The number of benzene rings is 1. The molecule has 3 rings (SSSR count). The van der Waals surface area contributed by atoms with Crippen LogP contribution in [0.25, 0.3) is 11.1 Å². The second-order valence-corrected chi connectivity index (χ2v) is 5.02. The van der Waals surface area contributed by atoms with Gasteiger partial charge in [-0.15, -0.1) is 0 Å². The molecule has 1 unspecified atom stereocenters. The van der Waals surface area contributed by atoms with Gasteiger partial charge < -0.3 is 14.8 Å². The molecule has 1 saturated heterocycles. The molecule has 20 heavy (non-hydrogen) atoms. The van der Waals surface area contributed by atoms with Gasteiger partial charge in [-0.1, -0.05) is 29.8 Å². The average molecular weight is 272 g/mol. The first-order chi connectivity index (χ1) is 9.65. The Kier molecular flexibility index (Phi) is 3.28. The normalized spacial score (nSPS) is 18.4. The first kappa shape index (κ1) is 12.9. The lowest BCUT2D eigenvalue weighted by molar-refractivity contribution is 0.104. The Morgan fingerprint density at radius 3 is 2.95 bits per heavy atom.